The average Bonchev–Trinajstić information content (AvgIpc) is 2.63. The van der Waals surface area contributed by atoms with Crippen LogP contribution in [0.3, 0.4) is 0 Å². The summed E-state index contributed by atoms with van der Waals surface area (Å²) in [6.07, 6.45) is -4.60. The lowest BCUT2D eigenvalue weighted by Crippen LogP contribution is -2.34. The minimum absolute atomic E-state index is 0.0112. The van der Waals surface area contributed by atoms with Gasteiger partial charge in [-0.05, 0) is 13.8 Å². The molecule has 20 heavy (non-hydrogen) atoms. The lowest BCUT2D eigenvalue weighted by molar-refractivity contribution is -0.144. The van der Waals surface area contributed by atoms with Crippen LogP contribution in [-0.4, -0.2) is 34.8 Å². The molecule has 2 amide bonds. The molecule has 1 rings (SSSR count). The number of carbonyl (C=O) groups is 1. The van der Waals surface area contributed by atoms with Gasteiger partial charge >= 0.3 is 12.2 Å². The third-order valence-electron chi connectivity index (χ3n) is 2.49. The van der Waals surface area contributed by atoms with Gasteiger partial charge < -0.3 is 10.2 Å². The van der Waals surface area contributed by atoms with E-state index >= 15 is 0 Å². The molecule has 1 aromatic rings. The quantitative estimate of drug-likeness (QED) is 0.933. The van der Waals surface area contributed by atoms with Crippen LogP contribution >= 0.6 is 11.6 Å². The van der Waals surface area contributed by atoms with Gasteiger partial charge in [0.1, 0.15) is 5.69 Å². The van der Waals surface area contributed by atoms with Crippen LogP contribution in [0.4, 0.5) is 18.0 Å². The number of alkyl halides is 3. The molecule has 0 spiro atoms. The summed E-state index contributed by atoms with van der Waals surface area (Å²) in [6, 6.07) is -0.934. The fraction of sp³-hybridized carbons (Fsp3) is 0.636. The monoisotopic (exact) mass is 312 g/mol. The van der Waals surface area contributed by atoms with Crippen molar-refractivity contribution in [3.63, 3.8) is 0 Å². The second kappa shape index (κ2) is 5.90. The highest BCUT2D eigenvalue weighted by molar-refractivity contribution is 6.32. The predicted octanol–water partition coefficient (Wildman–Crippen LogP) is 2.91. The topological polar surface area (TPSA) is 50.2 Å². The third kappa shape index (κ3) is 3.56. The Morgan fingerprint density at radius 3 is 2.35 bits per heavy atom. The molecule has 1 aromatic heterocycles. The molecule has 0 saturated carbocycles. The molecule has 0 unspecified atom stereocenters. The predicted molar refractivity (Wildman–Crippen MR) is 68.5 cm³/mol. The first-order valence-electron chi connectivity index (χ1n) is 5.85. The van der Waals surface area contributed by atoms with Crippen molar-refractivity contribution in [1.29, 1.82) is 0 Å². The normalized spacial score (nSPS) is 11.8. The summed E-state index contributed by atoms with van der Waals surface area (Å²) in [5.41, 5.74) is -1.01. The molecular formula is C11H16ClF3N4O. The molecule has 0 aliphatic carbocycles. The number of amides is 2. The van der Waals surface area contributed by atoms with Crippen LogP contribution in [0, 0.1) is 0 Å². The van der Waals surface area contributed by atoms with Gasteiger partial charge in [0.15, 0.2) is 5.69 Å². The van der Waals surface area contributed by atoms with Gasteiger partial charge in [0.2, 0.25) is 0 Å². The van der Waals surface area contributed by atoms with Crippen molar-refractivity contribution in [2.75, 3.05) is 14.1 Å². The number of hydrogen-bond acceptors (Lipinski definition) is 2. The molecule has 114 valence electrons. The minimum atomic E-state index is -4.60. The summed E-state index contributed by atoms with van der Waals surface area (Å²) in [4.78, 5) is 12.6. The van der Waals surface area contributed by atoms with Crippen LogP contribution in [-0.2, 0) is 12.7 Å². The zero-order valence-electron chi connectivity index (χ0n) is 11.5. The highest BCUT2D eigenvalue weighted by atomic mass is 35.5. The van der Waals surface area contributed by atoms with Crippen molar-refractivity contribution in [3.05, 3.63) is 16.4 Å². The summed E-state index contributed by atoms with van der Waals surface area (Å²) in [5.74, 6) is 0. The van der Waals surface area contributed by atoms with Crippen LogP contribution in [0.25, 0.3) is 0 Å². The summed E-state index contributed by atoms with van der Waals surface area (Å²) < 4.78 is 39.7. The van der Waals surface area contributed by atoms with E-state index in [0.717, 1.165) is 4.68 Å². The molecule has 0 radical (unpaired) electrons. The average molecular weight is 313 g/mol. The second-order valence-corrected chi connectivity index (χ2v) is 5.08. The van der Waals surface area contributed by atoms with Crippen LogP contribution in [0.1, 0.15) is 31.3 Å². The fourth-order valence-corrected chi connectivity index (χ4v) is 1.82. The van der Waals surface area contributed by atoms with E-state index < -0.39 is 29.0 Å². The van der Waals surface area contributed by atoms with Crippen molar-refractivity contribution >= 4 is 17.6 Å². The maximum atomic E-state index is 13.0. The Bertz CT molecular complexity index is 497. The first kappa shape index (κ1) is 16.6. The first-order chi connectivity index (χ1) is 9.05. The fourth-order valence-electron chi connectivity index (χ4n) is 1.52. The number of urea groups is 1. The van der Waals surface area contributed by atoms with E-state index in [2.05, 4.69) is 10.4 Å². The van der Waals surface area contributed by atoms with Gasteiger partial charge in [-0.2, -0.15) is 18.3 Å². The Balaban J connectivity index is 3.08. The molecule has 0 atom stereocenters. The standard InChI is InChI=1S/C11H16ClF3N4O/c1-6(2)19-9(11(13,14)15)8(12)7(17-19)5-16-10(20)18(3)4/h6H,5H2,1-4H3,(H,16,20). The maximum absolute atomic E-state index is 13.0. The van der Waals surface area contributed by atoms with E-state index in [4.69, 9.17) is 11.6 Å². The smallest absolute Gasteiger partial charge is 0.332 e. The van der Waals surface area contributed by atoms with Gasteiger partial charge in [-0.1, -0.05) is 11.6 Å². The zero-order valence-corrected chi connectivity index (χ0v) is 12.3. The van der Waals surface area contributed by atoms with Crippen LogP contribution in [0.2, 0.25) is 5.02 Å². The number of hydrogen-bond donors (Lipinski definition) is 1. The Labute approximate surface area is 119 Å². The van der Waals surface area contributed by atoms with Crippen LogP contribution in [0.5, 0.6) is 0 Å². The zero-order chi connectivity index (χ0) is 15.7. The molecule has 0 saturated heterocycles. The van der Waals surface area contributed by atoms with Crippen molar-refractivity contribution in [2.24, 2.45) is 0 Å². The summed E-state index contributed by atoms with van der Waals surface area (Å²) >= 11 is 5.75. The Hall–Kier alpha value is -1.44. The highest BCUT2D eigenvalue weighted by Gasteiger charge is 2.40. The number of nitrogens with one attached hydrogen (secondary N) is 1. The van der Waals surface area contributed by atoms with Gasteiger partial charge in [-0.25, -0.2) is 4.79 Å². The molecule has 0 aliphatic heterocycles. The van der Waals surface area contributed by atoms with E-state index in [-0.39, 0.29) is 12.2 Å². The number of carbonyl (C=O) groups excluding carboxylic acids is 1. The lowest BCUT2D eigenvalue weighted by atomic mass is 10.3. The van der Waals surface area contributed by atoms with Crippen LogP contribution in [0.15, 0.2) is 0 Å². The van der Waals surface area contributed by atoms with Crippen molar-refractivity contribution in [2.45, 2.75) is 32.6 Å². The van der Waals surface area contributed by atoms with Gasteiger partial charge in [0.25, 0.3) is 0 Å². The van der Waals surface area contributed by atoms with E-state index in [1.165, 1.54) is 19.0 Å². The number of rotatable bonds is 3. The molecule has 1 N–H and O–H groups in total. The molecule has 5 nitrogen and oxygen atoms in total. The Morgan fingerprint density at radius 2 is 2.00 bits per heavy atom. The first-order valence-corrected chi connectivity index (χ1v) is 6.22. The largest absolute Gasteiger partial charge is 0.434 e. The number of nitrogens with zero attached hydrogens (tertiary/aromatic N) is 3. The summed E-state index contributed by atoms with van der Waals surface area (Å²) in [5, 5.41) is 5.79. The number of halogens is 4. The van der Waals surface area contributed by atoms with E-state index in [1.54, 1.807) is 13.8 Å². The Kier molecular flexibility index (Phi) is 4.90. The molecule has 0 aliphatic rings. The number of aromatic nitrogens is 2. The van der Waals surface area contributed by atoms with Crippen molar-refractivity contribution in [1.82, 2.24) is 20.0 Å². The SMILES string of the molecule is CC(C)n1nc(CNC(=O)N(C)C)c(Cl)c1C(F)(F)F. The summed E-state index contributed by atoms with van der Waals surface area (Å²) in [6.45, 7) is 2.97. The minimum Gasteiger partial charge on any atom is -0.332 e. The van der Waals surface area contributed by atoms with Gasteiger partial charge in [0.05, 0.1) is 11.6 Å². The van der Waals surface area contributed by atoms with E-state index in [9.17, 15) is 18.0 Å². The highest BCUT2D eigenvalue weighted by Crippen LogP contribution is 2.37. The second-order valence-electron chi connectivity index (χ2n) is 4.70. The van der Waals surface area contributed by atoms with Gasteiger partial charge in [-0.15, -0.1) is 0 Å². The molecular weight excluding hydrogens is 297 g/mol. The molecule has 0 fully saturated rings. The van der Waals surface area contributed by atoms with E-state index in [1.807, 2.05) is 0 Å². The van der Waals surface area contributed by atoms with Crippen molar-refractivity contribution in [3.8, 4) is 0 Å². The summed E-state index contributed by atoms with van der Waals surface area (Å²) in [7, 11) is 3.04. The molecule has 0 bridgehead atoms. The Morgan fingerprint density at radius 1 is 1.45 bits per heavy atom. The third-order valence-corrected chi connectivity index (χ3v) is 2.89. The van der Waals surface area contributed by atoms with Gasteiger partial charge in [-0.3, -0.25) is 4.68 Å². The van der Waals surface area contributed by atoms with Crippen LogP contribution < -0.4 is 5.32 Å². The molecule has 0 aromatic carbocycles. The van der Waals surface area contributed by atoms with Crippen molar-refractivity contribution < 1.29 is 18.0 Å². The maximum Gasteiger partial charge on any atom is 0.434 e. The molecule has 1 heterocycles. The van der Waals surface area contributed by atoms with Gasteiger partial charge in [0, 0.05) is 20.1 Å². The molecule has 9 heteroatoms. The van der Waals surface area contributed by atoms with E-state index in [0.29, 0.717) is 0 Å². The lowest BCUT2D eigenvalue weighted by Gasteiger charge is -2.13.